The highest BCUT2D eigenvalue weighted by atomic mass is 32.2. The molecule has 1 aliphatic rings. The summed E-state index contributed by atoms with van der Waals surface area (Å²) in [6, 6.07) is 5.41. The molecule has 0 bridgehead atoms. The monoisotopic (exact) mass is 353 g/mol. The summed E-state index contributed by atoms with van der Waals surface area (Å²) in [4.78, 5) is 16.9. The van der Waals surface area contributed by atoms with E-state index in [4.69, 9.17) is 0 Å². The maximum Gasteiger partial charge on any atom is 0.258 e. The summed E-state index contributed by atoms with van der Waals surface area (Å²) in [5.41, 5.74) is 2.44. The van der Waals surface area contributed by atoms with Gasteiger partial charge in [0.25, 0.3) is 5.56 Å². The van der Waals surface area contributed by atoms with Crippen LogP contribution in [0.4, 0.5) is 0 Å². The van der Waals surface area contributed by atoms with E-state index in [1.54, 1.807) is 28.4 Å². The first-order chi connectivity index (χ1) is 12.2. The van der Waals surface area contributed by atoms with E-state index in [2.05, 4.69) is 26.3 Å². The molecule has 1 aliphatic carbocycles. The summed E-state index contributed by atoms with van der Waals surface area (Å²) >= 11 is 1.56. The number of aryl methyl sites for hydroxylation is 1. The van der Waals surface area contributed by atoms with Crippen LogP contribution in [0.2, 0.25) is 0 Å². The van der Waals surface area contributed by atoms with Crippen LogP contribution < -0.4 is 5.56 Å². The maximum absolute atomic E-state index is 12.3. The molecular formula is C18H19N5OS. The molecule has 4 rings (SSSR count). The number of rotatable bonds is 6. The number of fused-ring (bicyclic) bond motifs is 1. The van der Waals surface area contributed by atoms with Crippen molar-refractivity contribution in [1.82, 2.24) is 24.1 Å². The molecule has 1 fully saturated rings. The van der Waals surface area contributed by atoms with Gasteiger partial charge in [-0.25, -0.2) is 4.98 Å². The minimum Gasteiger partial charge on any atom is -0.302 e. The molecule has 0 unspecified atom stereocenters. The number of nitrogens with zero attached hydrogens (tertiary/aromatic N) is 5. The number of hydrogen-bond acceptors (Lipinski definition) is 5. The van der Waals surface area contributed by atoms with Crippen molar-refractivity contribution in [3.05, 3.63) is 64.5 Å². The summed E-state index contributed by atoms with van der Waals surface area (Å²) in [5, 5.41) is 9.53. The third-order valence-electron chi connectivity index (χ3n) is 4.22. The Labute approximate surface area is 149 Å². The van der Waals surface area contributed by atoms with E-state index < -0.39 is 0 Å². The van der Waals surface area contributed by atoms with Crippen molar-refractivity contribution in [2.45, 2.75) is 43.1 Å². The lowest BCUT2D eigenvalue weighted by Gasteiger charge is -2.07. The van der Waals surface area contributed by atoms with Gasteiger partial charge in [-0.05, 0) is 37.5 Å². The van der Waals surface area contributed by atoms with E-state index in [-0.39, 0.29) is 5.56 Å². The molecule has 0 aliphatic heterocycles. The van der Waals surface area contributed by atoms with Crippen LogP contribution in [0, 0.1) is 6.92 Å². The molecule has 25 heavy (non-hydrogen) atoms. The van der Waals surface area contributed by atoms with Gasteiger partial charge in [0.1, 0.15) is 11.5 Å². The number of hydrogen-bond donors (Lipinski definition) is 0. The maximum atomic E-state index is 12.3. The van der Waals surface area contributed by atoms with Gasteiger partial charge in [-0.2, -0.15) is 0 Å². The average molecular weight is 353 g/mol. The van der Waals surface area contributed by atoms with E-state index in [0.717, 1.165) is 22.2 Å². The van der Waals surface area contributed by atoms with Gasteiger partial charge in [0.2, 0.25) is 0 Å². The van der Waals surface area contributed by atoms with Crippen molar-refractivity contribution >= 4 is 17.4 Å². The highest BCUT2D eigenvalue weighted by Gasteiger charge is 2.30. The van der Waals surface area contributed by atoms with Gasteiger partial charge in [-0.1, -0.05) is 17.8 Å². The molecule has 3 heterocycles. The van der Waals surface area contributed by atoms with Crippen LogP contribution in [0.1, 0.15) is 35.8 Å². The van der Waals surface area contributed by atoms with Crippen molar-refractivity contribution in [3.63, 3.8) is 0 Å². The standard InChI is InChI=1S/C18H19N5OS/c1-3-7-23-17(13-4-5-13)20-21-18(23)25-11-14-10-16(24)22-8-6-12(2)9-15(22)19-14/h3,6,8-10,13H,1,4-5,7,11H2,2H3. The third kappa shape index (κ3) is 3.24. The smallest absolute Gasteiger partial charge is 0.258 e. The quantitative estimate of drug-likeness (QED) is 0.503. The zero-order valence-electron chi connectivity index (χ0n) is 14.1. The third-order valence-corrected chi connectivity index (χ3v) is 5.22. The average Bonchev–Trinajstić information content (AvgIpc) is 3.35. The number of aromatic nitrogens is 5. The Hall–Kier alpha value is -2.41. The second kappa shape index (κ2) is 6.48. The van der Waals surface area contributed by atoms with E-state index in [1.165, 1.54) is 12.8 Å². The molecule has 128 valence electrons. The van der Waals surface area contributed by atoms with Crippen LogP contribution in [-0.2, 0) is 12.3 Å². The number of allylic oxidation sites excluding steroid dienone is 1. The van der Waals surface area contributed by atoms with Crippen molar-refractivity contribution in [1.29, 1.82) is 0 Å². The normalized spacial score (nSPS) is 14.1. The van der Waals surface area contributed by atoms with Crippen LogP contribution in [0.15, 0.2) is 47.0 Å². The molecule has 0 spiro atoms. The van der Waals surface area contributed by atoms with Gasteiger partial charge in [0, 0.05) is 30.5 Å². The van der Waals surface area contributed by atoms with E-state index in [1.807, 2.05) is 25.1 Å². The fraction of sp³-hybridized carbons (Fsp3) is 0.333. The van der Waals surface area contributed by atoms with Crippen LogP contribution in [-0.4, -0.2) is 24.1 Å². The van der Waals surface area contributed by atoms with Gasteiger partial charge in [0.15, 0.2) is 5.16 Å². The van der Waals surface area contributed by atoms with Crippen LogP contribution in [0.5, 0.6) is 0 Å². The predicted molar refractivity (Wildman–Crippen MR) is 98.0 cm³/mol. The molecule has 0 N–H and O–H groups in total. The van der Waals surface area contributed by atoms with E-state index in [0.29, 0.717) is 23.9 Å². The first-order valence-electron chi connectivity index (χ1n) is 8.31. The zero-order chi connectivity index (χ0) is 17.4. The topological polar surface area (TPSA) is 65.1 Å². The van der Waals surface area contributed by atoms with Gasteiger partial charge in [-0.3, -0.25) is 9.20 Å². The second-order valence-electron chi connectivity index (χ2n) is 6.32. The minimum atomic E-state index is -0.0631. The predicted octanol–water partition coefficient (Wildman–Crippen LogP) is 2.95. The molecule has 3 aromatic heterocycles. The summed E-state index contributed by atoms with van der Waals surface area (Å²) in [7, 11) is 0. The Kier molecular flexibility index (Phi) is 4.17. The fourth-order valence-electron chi connectivity index (χ4n) is 2.82. The summed E-state index contributed by atoms with van der Waals surface area (Å²) in [6.07, 6.45) is 5.99. The minimum absolute atomic E-state index is 0.0631. The van der Waals surface area contributed by atoms with Crippen LogP contribution >= 0.6 is 11.8 Å². The Morgan fingerprint density at radius 3 is 2.96 bits per heavy atom. The van der Waals surface area contributed by atoms with Crippen molar-refractivity contribution in [2.24, 2.45) is 0 Å². The molecule has 0 saturated heterocycles. The SMILES string of the molecule is C=CCn1c(SCc2cc(=O)n3ccc(C)cc3n2)nnc1C1CC1. The molecule has 6 nitrogen and oxygen atoms in total. The Morgan fingerprint density at radius 1 is 1.36 bits per heavy atom. The van der Waals surface area contributed by atoms with Crippen molar-refractivity contribution in [2.75, 3.05) is 0 Å². The van der Waals surface area contributed by atoms with Crippen LogP contribution in [0.3, 0.4) is 0 Å². The lowest BCUT2D eigenvalue weighted by molar-refractivity contribution is 0.681. The number of pyridine rings is 1. The zero-order valence-corrected chi connectivity index (χ0v) is 14.9. The highest BCUT2D eigenvalue weighted by Crippen LogP contribution is 2.40. The summed E-state index contributed by atoms with van der Waals surface area (Å²) in [6.45, 7) is 6.52. The van der Waals surface area contributed by atoms with Gasteiger partial charge in [-0.15, -0.1) is 16.8 Å². The van der Waals surface area contributed by atoms with Gasteiger partial charge < -0.3 is 4.57 Å². The summed E-state index contributed by atoms with van der Waals surface area (Å²) < 4.78 is 3.68. The Morgan fingerprint density at radius 2 is 2.20 bits per heavy atom. The van der Waals surface area contributed by atoms with Gasteiger partial charge >= 0.3 is 0 Å². The van der Waals surface area contributed by atoms with Crippen molar-refractivity contribution < 1.29 is 0 Å². The van der Waals surface area contributed by atoms with Gasteiger partial charge in [0.05, 0.1) is 5.69 Å². The molecule has 0 amide bonds. The molecule has 1 saturated carbocycles. The van der Waals surface area contributed by atoms with Crippen molar-refractivity contribution in [3.8, 4) is 0 Å². The Balaban J connectivity index is 1.60. The number of thioether (sulfide) groups is 1. The van der Waals surface area contributed by atoms with E-state index in [9.17, 15) is 4.79 Å². The lowest BCUT2D eigenvalue weighted by Crippen LogP contribution is -2.15. The largest absolute Gasteiger partial charge is 0.302 e. The molecule has 7 heteroatoms. The van der Waals surface area contributed by atoms with E-state index >= 15 is 0 Å². The molecule has 3 aromatic rings. The fourth-order valence-corrected chi connectivity index (χ4v) is 3.66. The molecule has 0 atom stereocenters. The molecule has 0 aromatic carbocycles. The first kappa shape index (κ1) is 16.1. The highest BCUT2D eigenvalue weighted by molar-refractivity contribution is 7.98. The summed E-state index contributed by atoms with van der Waals surface area (Å²) in [5.74, 6) is 2.16. The van der Waals surface area contributed by atoms with Crippen LogP contribution in [0.25, 0.3) is 5.65 Å². The second-order valence-corrected chi connectivity index (χ2v) is 7.26. The Bertz CT molecular complexity index is 1000. The first-order valence-corrected chi connectivity index (χ1v) is 9.30. The molecule has 0 radical (unpaired) electrons. The lowest BCUT2D eigenvalue weighted by atomic mass is 10.3. The molecular weight excluding hydrogens is 334 g/mol.